The van der Waals surface area contributed by atoms with Gasteiger partial charge < -0.3 is 5.32 Å². The van der Waals surface area contributed by atoms with Gasteiger partial charge in [-0.25, -0.2) is 12.8 Å². The summed E-state index contributed by atoms with van der Waals surface area (Å²) in [5.74, 6) is -0.0154. The number of halogens is 1. The molecule has 0 saturated carbocycles. The van der Waals surface area contributed by atoms with E-state index in [2.05, 4.69) is 5.32 Å². The van der Waals surface area contributed by atoms with Crippen LogP contribution in [-0.4, -0.2) is 26.5 Å². The highest BCUT2D eigenvalue weighted by Gasteiger charge is 2.06. The summed E-state index contributed by atoms with van der Waals surface area (Å²) in [5, 5.41) is 2.87. The highest BCUT2D eigenvalue weighted by atomic mass is 32.2. The summed E-state index contributed by atoms with van der Waals surface area (Å²) in [5.41, 5.74) is 0.413. The topological polar surface area (TPSA) is 46.2 Å². The number of nitrogens with one attached hydrogen (secondary N) is 1. The largest absolute Gasteiger partial charge is 0.383 e. The van der Waals surface area contributed by atoms with Crippen LogP contribution in [0.5, 0.6) is 0 Å². The van der Waals surface area contributed by atoms with Crippen molar-refractivity contribution in [1.29, 1.82) is 0 Å². The van der Waals surface area contributed by atoms with Gasteiger partial charge in [-0.15, -0.1) is 0 Å². The molecule has 0 saturated heterocycles. The van der Waals surface area contributed by atoms with Crippen LogP contribution < -0.4 is 5.32 Å². The molecular formula is C11H16FNO2S. The Balaban J connectivity index is 2.35. The Morgan fingerprint density at radius 2 is 2.00 bits per heavy atom. The number of hydrogen-bond acceptors (Lipinski definition) is 3. The van der Waals surface area contributed by atoms with Crippen molar-refractivity contribution in [3.63, 3.8) is 0 Å². The van der Waals surface area contributed by atoms with Crippen LogP contribution in [0.15, 0.2) is 24.3 Å². The number of benzene rings is 1. The summed E-state index contributed by atoms with van der Waals surface area (Å²) in [6.45, 7) is 2.08. The van der Waals surface area contributed by atoms with Crippen molar-refractivity contribution in [2.24, 2.45) is 0 Å². The summed E-state index contributed by atoms with van der Waals surface area (Å²) < 4.78 is 35.5. The molecule has 16 heavy (non-hydrogen) atoms. The molecule has 0 heterocycles. The van der Waals surface area contributed by atoms with Crippen molar-refractivity contribution < 1.29 is 12.8 Å². The second-order valence-electron chi connectivity index (χ2n) is 3.50. The number of hydrogen-bond donors (Lipinski definition) is 1. The van der Waals surface area contributed by atoms with Gasteiger partial charge in [0.15, 0.2) is 0 Å². The van der Waals surface area contributed by atoms with Crippen LogP contribution in [-0.2, 0) is 9.84 Å². The number of sulfone groups is 1. The van der Waals surface area contributed by atoms with Crippen LogP contribution in [0.2, 0.25) is 0 Å². The highest BCUT2D eigenvalue weighted by Crippen LogP contribution is 2.11. The molecule has 0 aliphatic heterocycles. The van der Waals surface area contributed by atoms with Crippen molar-refractivity contribution in [1.82, 2.24) is 0 Å². The predicted octanol–water partition coefficient (Wildman–Crippen LogP) is 2.06. The van der Waals surface area contributed by atoms with E-state index < -0.39 is 9.84 Å². The normalized spacial score (nSPS) is 11.4. The average Bonchev–Trinajstić information content (AvgIpc) is 2.27. The first-order valence-corrected chi connectivity index (χ1v) is 7.06. The molecule has 3 nitrogen and oxygen atoms in total. The summed E-state index contributed by atoms with van der Waals surface area (Å²) in [7, 11) is -2.92. The molecule has 1 rings (SSSR count). The fourth-order valence-corrected chi connectivity index (χ4v) is 2.14. The second-order valence-corrected chi connectivity index (χ2v) is 5.97. The lowest BCUT2D eigenvalue weighted by Gasteiger charge is -2.06. The zero-order valence-corrected chi connectivity index (χ0v) is 10.1. The van der Waals surface area contributed by atoms with Gasteiger partial charge in [0.1, 0.15) is 15.7 Å². The lowest BCUT2D eigenvalue weighted by Crippen LogP contribution is -2.13. The first-order valence-electron chi connectivity index (χ1n) is 5.24. The minimum Gasteiger partial charge on any atom is -0.383 e. The molecule has 0 aromatic heterocycles. The molecule has 0 atom stereocenters. The fourth-order valence-electron chi connectivity index (χ4n) is 1.26. The summed E-state index contributed by atoms with van der Waals surface area (Å²) in [6.07, 6.45) is 0.491. The van der Waals surface area contributed by atoms with Crippen molar-refractivity contribution in [3.05, 3.63) is 30.1 Å². The molecule has 5 heteroatoms. The smallest absolute Gasteiger partial charge is 0.150 e. The van der Waals surface area contributed by atoms with E-state index in [4.69, 9.17) is 0 Å². The first-order chi connectivity index (χ1) is 7.55. The number of anilines is 1. The molecule has 0 radical (unpaired) electrons. The van der Waals surface area contributed by atoms with Crippen molar-refractivity contribution in [2.45, 2.75) is 13.3 Å². The van der Waals surface area contributed by atoms with E-state index in [1.807, 2.05) is 0 Å². The van der Waals surface area contributed by atoms with Crippen molar-refractivity contribution in [3.8, 4) is 0 Å². The van der Waals surface area contributed by atoms with E-state index in [1.165, 1.54) is 6.07 Å². The third-order valence-corrected chi connectivity index (χ3v) is 4.05. The standard InChI is InChI=1S/C11H16FNO2S/c1-2-16(14,15)9-5-8-13-11-7-4-3-6-10(11)12/h3-4,6-7,13H,2,5,8-9H2,1H3. The van der Waals surface area contributed by atoms with Gasteiger partial charge >= 0.3 is 0 Å². The lowest BCUT2D eigenvalue weighted by molar-refractivity contribution is 0.595. The molecule has 0 bridgehead atoms. The summed E-state index contributed by atoms with van der Waals surface area (Å²) >= 11 is 0. The maximum atomic E-state index is 13.1. The summed E-state index contributed by atoms with van der Waals surface area (Å²) in [4.78, 5) is 0. The van der Waals surface area contributed by atoms with E-state index in [0.29, 0.717) is 18.7 Å². The van der Waals surface area contributed by atoms with Crippen LogP contribution in [0.4, 0.5) is 10.1 Å². The minimum atomic E-state index is -2.92. The zero-order chi connectivity index (χ0) is 12.0. The number of para-hydroxylation sites is 1. The molecule has 0 spiro atoms. The maximum absolute atomic E-state index is 13.1. The monoisotopic (exact) mass is 245 g/mol. The Kier molecular flexibility index (Phi) is 4.73. The molecule has 1 N–H and O–H groups in total. The zero-order valence-electron chi connectivity index (χ0n) is 9.24. The average molecular weight is 245 g/mol. The van der Waals surface area contributed by atoms with Crippen LogP contribution in [0, 0.1) is 5.82 Å². The SMILES string of the molecule is CCS(=O)(=O)CCCNc1ccccc1F. The van der Waals surface area contributed by atoms with Crippen molar-refractivity contribution >= 4 is 15.5 Å². The Morgan fingerprint density at radius 1 is 1.31 bits per heavy atom. The molecule has 0 aliphatic rings. The Bertz CT molecular complexity index is 431. The minimum absolute atomic E-state index is 0.144. The van der Waals surface area contributed by atoms with Gasteiger partial charge in [0.05, 0.1) is 11.4 Å². The third kappa shape index (κ3) is 4.18. The molecule has 0 unspecified atom stereocenters. The first kappa shape index (κ1) is 13.0. The lowest BCUT2D eigenvalue weighted by atomic mass is 10.3. The van der Waals surface area contributed by atoms with E-state index in [1.54, 1.807) is 25.1 Å². The molecule has 0 fully saturated rings. The van der Waals surface area contributed by atoms with Gasteiger partial charge in [-0.3, -0.25) is 0 Å². The predicted molar refractivity (Wildman–Crippen MR) is 63.8 cm³/mol. The van der Waals surface area contributed by atoms with Crippen LogP contribution in [0.25, 0.3) is 0 Å². The van der Waals surface area contributed by atoms with Crippen molar-refractivity contribution in [2.75, 3.05) is 23.4 Å². The number of rotatable bonds is 6. The Hall–Kier alpha value is -1.10. The summed E-state index contributed by atoms with van der Waals surface area (Å²) in [6, 6.07) is 6.34. The molecule has 1 aromatic carbocycles. The molecule has 90 valence electrons. The Labute approximate surface area is 95.6 Å². The van der Waals surface area contributed by atoms with Gasteiger partial charge in [-0.05, 0) is 18.6 Å². The van der Waals surface area contributed by atoms with Gasteiger partial charge in [0, 0.05) is 12.3 Å². The fraction of sp³-hybridized carbons (Fsp3) is 0.455. The molecule has 0 amide bonds. The van der Waals surface area contributed by atoms with E-state index in [-0.39, 0.29) is 17.3 Å². The maximum Gasteiger partial charge on any atom is 0.150 e. The van der Waals surface area contributed by atoms with Crippen LogP contribution >= 0.6 is 0 Å². The molecule has 0 aliphatic carbocycles. The Morgan fingerprint density at radius 3 is 2.62 bits per heavy atom. The van der Waals surface area contributed by atoms with Crippen LogP contribution in [0.3, 0.4) is 0 Å². The third-order valence-electron chi connectivity index (χ3n) is 2.26. The van der Waals surface area contributed by atoms with Gasteiger partial charge in [0.25, 0.3) is 0 Å². The second kappa shape index (κ2) is 5.84. The van der Waals surface area contributed by atoms with Gasteiger partial charge in [0.2, 0.25) is 0 Å². The molecular weight excluding hydrogens is 229 g/mol. The van der Waals surface area contributed by atoms with Gasteiger partial charge in [-0.2, -0.15) is 0 Å². The quantitative estimate of drug-likeness (QED) is 0.780. The van der Waals surface area contributed by atoms with E-state index >= 15 is 0 Å². The van der Waals surface area contributed by atoms with Gasteiger partial charge in [-0.1, -0.05) is 19.1 Å². The van der Waals surface area contributed by atoms with E-state index in [0.717, 1.165) is 0 Å². The van der Waals surface area contributed by atoms with E-state index in [9.17, 15) is 12.8 Å². The molecule has 1 aromatic rings. The highest BCUT2D eigenvalue weighted by molar-refractivity contribution is 7.91. The van der Waals surface area contributed by atoms with Crippen LogP contribution in [0.1, 0.15) is 13.3 Å².